The van der Waals surface area contributed by atoms with Gasteiger partial charge in [0, 0.05) is 0 Å². The second-order valence-electron chi connectivity index (χ2n) is 1.44. The second-order valence-corrected chi connectivity index (χ2v) is 1.44. The first-order valence-corrected chi connectivity index (χ1v) is 2.20. The average molecular weight is 129 g/mol. The SMILES string of the molecule is Nc1c(F)nc[nH]c1=O. The Bertz CT molecular complexity index is 269. The third-order valence-electron chi connectivity index (χ3n) is 0.840. The van der Waals surface area contributed by atoms with Crippen LogP contribution in [0.25, 0.3) is 0 Å². The third kappa shape index (κ3) is 0.883. The number of hydrogen-bond acceptors (Lipinski definition) is 3. The molecule has 4 nitrogen and oxygen atoms in total. The van der Waals surface area contributed by atoms with E-state index in [1.165, 1.54) is 0 Å². The zero-order chi connectivity index (χ0) is 6.85. The molecule has 0 saturated heterocycles. The molecule has 3 N–H and O–H groups in total. The summed E-state index contributed by atoms with van der Waals surface area (Å²) in [7, 11) is 0. The molecule has 0 aliphatic rings. The number of nitrogen functional groups attached to an aromatic ring is 1. The summed E-state index contributed by atoms with van der Waals surface area (Å²) in [6.07, 6.45) is 0.952. The summed E-state index contributed by atoms with van der Waals surface area (Å²) in [6, 6.07) is 0. The molecule has 9 heavy (non-hydrogen) atoms. The maximum Gasteiger partial charge on any atom is 0.276 e. The summed E-state index contributed by atoms with van der Waals surface area (Å²) in [5.41, 5.74) is 3.78. The lowest BCUT2D eigenvalue weighted by Gasteiger charge is -1.88. The first-order valence-electron chi connectivity index (χ1n) is 2.20. The van der Waals surface area contributed by atoms with Crippen LogP contribution in [-0.2, 0) is 0 Å². The van der Waals surface area contributed by atoms with Crippen LogP contribution in [0.5, 0.6) is 0 Å². The van der Waals surface area contributed by atoms with Gasteiger partial charge >= 0.3 is 0 Å². The van der Waals surface area contributed by atoms with E-state index >= 15 is 0 Å². The van der Waals surface area contributed by atoms with Crippen LogP contribution in [0.3, 0.4) is 0 Å². The molecule has 0 saturated carbocycles. The standard InChI is InChI=1S/C4H4FN3O/c5-3-2(6)4(9)8-1-7-3/h1H,6H2,(H,7,8,9). The van der Waals surface area contributed by atoms with Crippen molar-refractivity contribution in [1.29, 1.82) is 0 Å². The summed E-state index contributed by atoms with van der Waals surface area (Å²) in [5.74, 6) is -0.932. The van der Waals surface area contributed by atoms with E-state index in [9.17, 15) is 9.18 Å². The van der Waals surface area contributed by atoms with Crippen molar-refractivity contribution >= 4 is 5.69 Å². The van der Waals surface area contributed by atoms with Crippen molar-refractivity contribution < 1.29 is 4.39 Å². The Hall–Kier alpha value is -1.39. The van der Waals surface area contributed by atoms with Crippen molar-refractivity contribution in [2.45, 2.75) is 0 Å². The lowest BCUT2D eigenvalue weighted by atomic mass is 10.5. The minimum absolute atomic E-state index is 0.475. The maximum atomic E-state index is 12.1. The molecular weight excluding hydrogens is 125 g/mol. The van der Waals surface area contributed by atoms with Gasteiger partial charge in [-0.2, -0.15) is 4.39 Å². The molecule has 5 heteroatoms. The van der Waals surface area contributed by atoms with Crippen molar-refractivity contribution in [2.75, 3.05) is 5.73 Å². The molecular formula is C4H4FN3O. The van der Waals surface area contributed by atoms with Gasteiger partial charge in [-0.1, -0.05) is 0 Å². The molecule has 0 radical (unpaired) electrons. The second kappa shape index (κ2) is 1.85. The summed E-state index contributed by atoms with van der Waals surface area (Å²) < 4.78 is 12.1. The average Bonchev–Trinajstić information content (AvgIpc) is 1.83. The van der Waals surface area contributed by atoms with Gasteiger partial charge in [0.05, 0.1) is 6.33 Å². The van der Waals surface area contributed by atoms with Crippen LogP contribution < -0.4 is 11.3 Å². The first-order chi connectivity index (χ1) is 4.22. The third-order valence-corrected chi connectivity index (χ3v) is 0.840. The van der Waals surface area contributed by atoms with Crippen LogP contribution in [0.4, 0.5) is 10.1 Å². The molecule has 48 valence electrons. The topological polar surface area (TPSA) is 71.8 Å². The van der Waals surface area contributed by atoms with Gasteiger partial charge in [0.25, 0.3) is 5.56 Å². The zero-order valence-electron chi connectivity index (χ0n) is 4.39. The number of aromatic amines is 1. The monoisotopic (exact) mass is 129 g/mol. The molecule has 0 spiro atoms. The molecule has 0 aromatic carbocycles. The lowest BCUT2D eigenvalue weighted by molar-refractivity contribution is 0.582. The highest BCUT2D eigenvalue weighted by Gasteiger charge is 1.99. The Morgan fingerprint density at radius 2 is 2.44 bits per heavy atom. The maximum absolute atomic E-state index is 12.1. The molecule has 1 aromatic heterocycles. The summed E-state index contributed by atoms with van der Waals surface area (Å²) >= 11 is 0. The smallest absolute Gasteiger partial charge is 0.276 e. The Kier molecular flexibility index (Phi) is 1.18. The highest BCUT2D eigenvalue weighted by Crippen LogP contribution is 1.93. The Morgan fingerprint density at radius 1 is 1.78 bits per heavy atom. The lowest BCUT2D eigenvalue weighted by Crippen LogP contribution is -2.14. The Labute approximate surface area is 49.5 Å². The predicted octanol–water partition coefficient (Wildman–Crippen LogP) is -0.509. The van der Waals surface area contributed by atoms with E-state index in [1.54, 1.807) is 0 Å². The van der Waals surface area contributed by atoms with E-state index in [4.69, 9.17) is 5.73 Å². The van der Waals surface area contributed by atoms with Crippen molar-refractivity contribution in [1.82, 2.24) is 9.97 Å². The molecule has 1 rings (SSSR count). The van der Waals surface area contributed by atoms with Crippen LogP contribution in [0, 0.1) is 5.95 Å². The molecule has 1 aromatic rings. The summed E-state index contributed by atoms with van der Waals surface area (Å²) in [4.78, 5) is 15.6. The van der Waals surface area contributed by atoms with Crippen LogP contribution in [0.2, 0.25) is 0 Å². The molecule has 0 unspecified atom stereocenters. The normalized spacial score (nSPS) is 9.44. The molecule has 0 amide bonds. The van der Waals surface area contributed by atoms with E-state index in [1.807, 2.05) is 0 Å². The number of nitrogens with zero attached hydrogens (tertiary/aromatic N) is 1. The molecule has 0 aliphatic heterocycles. The number of anilines is 1. The predicted molar refractivity (Wildman–Crippen MR) is 29.2 cm³/mol. The minimum atomic E-state index is -0.932. The van der Waals surface area contributed by atoms with E-state index < -0.39 is 17.2 Å². The Balaban J connectivity index is 3.43. The molecule has 1 heterocycles. The fourth-order valence-electron chi connectivity index (χ4n) is 0.389. The first kappa shape index (κ1) is 5.74. The number of nitrogens with one attached hydrogen (secondary N) is 1. The highest BCUT2D eigenvalue weighted by molar-refractivity contribution is 5.31. The molecule has 0 atom stereocenters. The zero-order valence-corrected chi connectivity index (χ0v) is 4.39. The number of aromatic nitrogens is 2. The van der Waals surface area contributed by atoms with Crippen LogP contribution in [0.1, 0.15) is 0 Å². The van der Waals surface area contributed by atoms with Gasteiger partial charge in [-0.3, -0.25) is 4.79 Å². The number of hydrogen-bond donors (Lipinski definition) is 2. The molecule has 0 bridgehead atoms. The fourth-order valence-corrected chi connectivity index (χ4v) is 0.389. The van der Waals surface area contributed by atoms with Gasteiger partial charge in [0.15, 0.2) is 5.69 Å². The van der Waals surface area contributed by atoms with E-state index in [2.05, 4.69) is 9.97 Å². The number of H-pyrrole nitrogens is 1. The van der Waals surface area contributed by atoms with Crippen LogP contribution >= 0.6 is 0 Å². The van der Waals surface area contributed by atoms with Crippen molar-refractivity contribution in [2.24, 2.45) is 0 Å². The van der Waals surface area contributed by atoms with Crippen LogP contribution in [-0.4, -0.2) is 9.97 Å². The van der Waals surface area contributed by atoms with Crippen LogP contribution in [0.15, 0.2) is 11.1 Å². The van der Waals surface area contributed by atoms with E-state index in [-0.39, 0.29) is 0 Å². The van der Waals surface area contributed by atoms with Gasteiger partial charge in [-0.25, -0.2) is 4.98 Å². The Morgan fingerprint density at radius 3 is 2.89 bits per heavy atom. The number of rotatable bonds is 0. The quantitative estimate of drug-likeness (QED) is 0.463. The van der Waals surface area contributed by atoms with Crippen molar-refractivity contribution in [3.63, 3.8) is 0 Å². The van der Waals surface area contributed by atoms with Crippen molar-refractivity contribution in [3.8, 4) is 0 Å². The van der Waals surface area contributed by atoms with E-state index in [0.717, 1.165) is 6.33 Å². The van der Waals surface area contributed by atoms with Gasteiger partial charge < -0.3 is 10.7 Å². The van der Waals surface area contributed by atoms with Gasteiger partial charge in [-0.05, 0) is 0 Å². The molecule has 0 aliphatic carbocycles. The van der Waals surface area contributed by atoms with Crippen molar-refractivity contribution in [3.05, 3.63) is 22.6 Å². The highest BCUT2D eigenvalue weighted by atomic mass is 19.1. The minimum Gasteiger partial charge on any atom is -0.391 e. The number of halogens is 1. The number of nitrogens with two attached hydrogens (primary N) is 1. The molecule has 0 fully saturated rings. The van der Waals surface area contributed by atoms with Gasteiger partial charge in [-0.15, -0.1) is 0 Å². The largest absolute Gasteiger partial charge is 0.391 e. The summed E-state index contributed by atoms with van der Waals surface area (Å²) in [6.45, 7) is 0. The summed E-state index contributed by atoms with van der Waals surface area (Å²) in [5, 5.41) is 0. The fraction of sp³-hybridized carbons (Fsp3) is 0. The van der Waals surface area contributed by atoms with Gasteiger partial charge in [0.2, 0.25) is 5.95 Å². The van der Waals surface area contributed by atoms with E-state index in [0.29, 0.717) is 0 Å². The van der Waals surface area contributed by atoms with Gasteiger partial charge in [0.1, 0.15) is 0 Å².